The molecule has 0 unspecified atom stereocenters. The van der Waals surface area contributed by atoms with Crippen molar-refractivity contribution >= 4 is 11.8 Å². The molecule has 0 aliphatic heterocycles. The molecule has 1 saturated carbocycles. The zero-order chi connectivity index (χ0) is 12.2. The van der Waals surface area contributed by atoms with Crippen molar-refractivity contribution in [1.29, 1.82) is 0 Å². The summed E-state index contributed by atoms with van der Waals surface area (Å²) in [5.41, 5.74) is 0. The van der Waals surface area contributed by atoms with Gasteiger partial charge in [0.15, 0.2) is 0 Å². The maximum Gasteiger partial charge on any atom is 0.118 e. The highest BCUT2D eigenvalue weighted by Crippen LogP contribution is 2.23. The van der Waals surface area contributed by atoms with Crippen LogP contribution in [-0.2, 0) is 12.3 Å². The Kier molecular flexibility index (Phi) is 3.67. The number of hydrogen-bond acceptors (Lipinski definition) is 4. The molecule has 0 saturated heterocycles. The van der Waals surface area contributed by atoms with Crippen LogP contribution < -0.4 is 5.32 Å². The standard InChI is InChI=1S/C14H16N2OS/c1-2-8-15-14(3-1)18-10-13-7-6-12(17-13)9-16-11-4-5-11/h1-3,6-8,11,16H,4-5,9-10H2. The van der Waals surface area contributed by atoms with E-state index >= 15 is 0 Å². The fourth-order valence-corrected chi connectivity index (χ4v) is 2.46. The Morgan fingerprint density at radius 2 is 2.11 bits per heavy atom. The molecule has 0 atom stereocenters. The molecule has 0 radical (unpaired) electrons. The molecule has 0 spiro atoms. The number of hydrogen-bond donors (Lipinski definition) is 1. The van der Waals surface area contributed by atoms with Crippen molar-refractivity contribution in [3.8, 4) is 0 Å². The molecule has 1 aliphatic carbocycles. The highest BCUT2D eigenvalue weighted by Gasteiger charge is 2.20. The number of nitrogens with one attached hydrogen (secondary N) is 1. The SMILES string of the molecule is c1ccc(SCc2ccc(CNC3CC3)o2)nc1. The second-order valence-electron chi connectivity index (χ2n) is 4.48. The summed E-state index contributed by atoms with van der Waals surface area (Å²) in [5, 5.41) is 4.48. The third kappa shape index (κ3) is 3.37. The lowest BCUT2D eigenvalue weighted by Crippen LogP contribution is -2.14. The van der Waals surface area contributed by atoms with Gasteiger partial charge in [-0.15, -0.1) is 0 Å². The third-order valence-electron chi connectivity index (χ3n) is 2.86. The van der Waals surface area contributed by atoms with Crippen LogP contribution in [-0.4, -0.2) is 11.0 Å². The molecule has 1 fully saturated rings. The second kappa shape index (κ2) is 5.59. The van der Waals surface area contributed by atoms with Gasteiger partial charge in [0.05, 0.1) is 17.3 Å². The van der Waals surface area contributed by atoms with Crippen LogP contribution in [0, 0.1) is 0 Å². The fraction of sp³-hybridized carbons (Fsp3) is 0.357. The number of furan rings is 1. The average Bonchev–Trinajstić information content (AvgIpc) is 3.14. The predicted molar refractivity (Wildman–Crippen MR) is 72.4 cm³/mol. The van der Waals surface area contributed by atoms with E-state index in [9.17, 15) is 0 Å². The maximum atomic E-state index is 5.77. The van der Waals surface area contributed by atoms with Gasteiger partial charge in [0.25, 0.3) is 0 Å². The molecule has 18 heavy (non-hydrogen) atoms. The third-order valence-corrected chi connectivity index (χ3v) is 3.83. The van der Waals surface area contributed by atoms with Crippen LogP contribution in [0.4, 0.5) is 0 Å². The first-order valence-electron chi connectivity index (χ1n) is 6.25. The second-order valence-corrected chi connectivity index (χ2v) is 5.48. The van der Waals surface area contributed by atoms with Crippen LogP contribution in [0.3, 0.4) is 0 Å². The van der Waals surface area contributed by atoms with Crippen molar-refractivity contribution in [2.24, 2.45) is 0 Å². The van der Waals surface area contributed by atoms with Gasteiger partial charge < -0.3 is 9.73 Å². The topological polar surface area (TPSA) is 38.1 Å². The number of pyridine rings is 1. The lowest BCUT2D eigenvalue weighted by molar-refractivity contribution is 0.458. The first kappa shape index (κ1) is 11.8. The highest BCUT2D eigenvalue weighted by molar-refractivity contribution is 7.98. The average molecular weight is 260 g/mol. The molecule has 2 heterocycles. The highest BCUT2D eigenvalue weighted by atomic mass is 32.2. The summed E-state index contributed by atoms with van der Waals surface area (Å²) in [6.45, 7) is 0.846. The maximum absolute atomic E-state index is 5.77. The van der Waals surface area contributed by atoms with Crippen molar-refractivity contribution < 1.29 is 4.42 Å². The van der Waals surface area contributed by atoms with E-state index < -0.39 is 0 Å². The van der Waals surface area contributed by atoms with Crippen LogP contribution in [0.25, 0.3) is 0 Å². The molecule has 0 amide bonds. The van der Waals surface area contributed by atoms with E-state index in [0.717, 1.165) is 34.9 Å². The van der Waals surface area contributed by atoms with Gasteiger partial charge >= 0.3 is 0 Å². The van der Waals surface area contributed by atoms with Crippen LogP contribution in [0.5, 0.6) is 0 Å². The number of nitrogens with zero attached hydrogens (tertiary/aromatic N) is 1. The van der Waals surface area contributed by atoms with Gasteiger partial charge in [0.2, 0.25) is 0 Å². The zero-order valence-electron chi connectivity index (χ0n) is 10.1. The Balaban J connectivity index is 1.50. The summed E-state index contributed by atoms with van der Waals surface area (Å²) in [5.74, 6) is 2.87. The Morgan fingerprint density at radius 1 is 1.22 bits per heavy atom. The van der Waals surface area contributed by atoms with Crippen molar-refractivity contribution in [2.45, 2.75) is 36.2 Å². The van der Waals surface area contributed by atoms with Crippen LogP contribution in [0.2, 0.25) is 0 Å². The van der Waals surface area contributed by atoms with E-state index in [1.165, 1.54) is 12.8 Å². The van der Waals surface area contributed by atoms with Crippen molar-refractivity contribution in [3.05, 3.63) is 48.0 Å². The number of thioether (sulfide) groups is 1. The van der Waals surface area contributed by atoms with E-state index in [1.54, 1.807) is 11.8 Å². The van der Waals surface area contributed by atoms with Gasteiger partial charge in [0.1, 0.15) is 11.5 Å². The minimum atomic E-state index is 0.724. The van der Waals surface area contributed by atoms with Crippen LogP contribution in [0.1, 0.15) is 24.4 Å². The lowest BCUT2D eigenvalue weighted by Gasteiger charge is -1.99. The Bertz CT molecular complexity index is 494. The minimum Gasteiger partial charge on any atom is -0.464 e. The molecule has 1 N–H and O–H groups in total. The summed E-state index contributed by atoms with van der Waals surface area (Å²) in [4.78, 5) is 4.28. The molecule has 0 bridgehead atoms. The molecule has 3 nitrogen and oxygen atoms in total. The molecule has 4 heteroatoms. The van der Waals surface area contributed by atoms with Crippen molar-refractivity contribution in [3.63, 3.8) is 0 Å². The minimum absolute atomic E-state index is 0.724. The lowest BCUT2D eigenvalue weighted by atomic mass is 10.4. The fourth-order valence-electron chi connectivity index (χ4n) is 1.70. The van der Waals surface area contributed by atoms with E-state index in [2.05, 4.69) is 22.4 Å². The van der Waals surface area contributed by atoms with Crippen LogP contribution in [0.15, 0.2) is 46.0 Å². The summed E-state index contributed by atoms with van der Waals surface area (Å²) in [6, 6.07) is 10.8. The summed E-state index contributed by atoms with van der Waals surface area (Å²) in [6.07, 6.45) is 4.43. The molecule has 2 aromatic rings. The molecule has 94 valence electrons. The molecule has 0 aromatic carbocycles. The quantitative estimate of drug-likeness (QED) is 0.809. The largest absolute Gasteiger partial charge is 0.464 e. The molecular weight excluding hydrogens is 244 g/mol. The molecule has 3 rings (SSSR count). The number of aromatic nitrogens is 1. The smallest absolute Gasteiger partial charge is 0.118 e. The predicted octanol–water partition coefficient (Wildman–Crippen LogP) is 3.22. The molecule has 1 aliphatic rings. The molecule has 2 aromatic heterocycles. The van der Waals surface area contributed by atoms with Crippen LogP contribution >= 0.6 is 11.8 Å². The summed E-state index contributed by atoms with van der Waals surface area (Å²) >= 11 is 1.70. The van der Waals surface area contributed by atoms with Gasteiger partial charge in [0, 0.05) is 12.2 Å². The van der Waals surface area contributed by atoms with Gasteiger partial charge in [-0.3, -0.25) is 0 Å². The van der Waals surface area contributed by atoms with Gasteiger partial charge in [-0.2, -0.15) is 0 Å². The Labute approximate surface area is 111 Å². The Morgan fingerprint density at radius 3 is 2.89 bits per heavy atom. The van der Waals surface area contributed by atoms with Crippen molar-refractivity contribution in [2.75, 3.05) is 0 Å². The van der Waals surface area contributed by atoms with Gasteiger partial charge in [-0.25, -0.2) is 4.98 Å². The molecular formula is C14H16N2OS. The van der Waals surface area contributed by atoms with E-state index in [4.69, 9.17) is 4.42 Å². The Hall–Kier alpha value is -1.26. The first-order valence-corrected chi connectivity index (χ1v) is 7.23. The normalized spacial score (nSPS) is 14.9. The first-order chi connectivity index (χ1) is 8.90. The van der Waals surface area contributed by atoms with E-state index in [-0.39, 0.29) is 0 Å². The monoisotopic (exact) mass is 260 g/mol. The zero-order valence-corrected chi connectivity index (χ0v) is 11.0. The number of rotatable bonds is 6. The van der Waals surface area contributed by atoms with E-state index in [0.29, 0.717) is 0 Å². The van der Waals surface area contributed by atoms with Gasteiger partial charge in [-0.1, -0.05) is 17.8 Å². The van der Waals surface area contributed by atoms with Gasteiger partial charge in [-0.05, 0) is 37.1 Å². The van der Waals surface area contributed by atoms with E-state index in [1.807, 2.05) is 24.4 Å². The summed E-state index contributed by atoms with van der Waals surface area (Å²) < 4.78 is 5.77. The summed E-state index contributed by atoms with van der Waals surface area (Å²) in [7, 11) is 0. The van der Waals surface area contributed by atoms with Crippen molar-refractivity contribution in [1.82, 2.24) is 10.3 Å².